The van der Waals surface area contributed by atoms with Crippen molar-refractivity contribution < 1.29 is 9.59 Å². The van der Waals surface area contributed by atoms with Crippen molar-refractivity contribution in [2.75, 3.05) is 0 Å². The molecule has 0 aromatic carbocycles. The Balaban J connectivity index is 1.62. The molecule has 4 heteroatoms. The normalized spacial score (nSPS) is 24.7. The van der Waals surface area contributed by atoms with Gasteiger partial charge >= 0.3 is 0 Å². The lowest BCUT2D eigenvalue weighted by Crippen LogP contribution is -2.61. The molecule has 0 heterocycles. The highest BCUT2D eigenvalue weighted by atomic mass is 16.2. The number of nitrogens with two attached hydrogens (primary N) is 1. The summed E-state index contributed by atoms with van der Waals surface area (Å²) in [4.78, 5) is 23.8. The first-order chi connectivity index (χ1) is 9.11. The molecule has 2 fully saturated rings. The van der Waals surface area contributed by atoms with Crippen LogP contribution in [0, 0.1) is 0 Å². The molecular weight excluding hydrogens is 240 g/mol. The van der Waals surface area contributed by atoms with Crippen molar-refractivity contribution in [3.63, 3.8) is 0 Å². The van der Waals surface area contributed by atoms with E-state index in [0.717, 1.165) is 18.4 Å². The van der Waals surface area contributed by atoms with Crippen LogP contribution in [0.4, 0.5) is 0 Å². The summed E-state index contributed by atoms with van der Waals surface area (Å²) in [5, 5.41) is 2.84. The summed E-state index contributed by atoms with van der Waals surface area (Å²) in [6.45, 7) is 0. The Labute approximate surface area is 110 Å². The fraction of sp³-hybridized carbons (Fsp3) is 0.333. The van der Waals surface area contributed by atoms with E-state index >= 15 is 0 Å². The first-order valence-corrected chi connectivity index (χ1v) is 6.60. The van der Waals surface area contributed by atoms with Crippen LogP contribution < -0.4 is 11.1 Å². The summed E-state index contributed by atoms with van der Waals surface area (Å²) in [7, 11) is 0. The number of fused-ring (bicyclic) bond motifs is 2. The van der Waals surface area contributed by atoms with Crippen LogP contribution in [-0.2, 0) is 9.59 Å². The van der Waals surface area contributed by atoms with E-state index in [1.54, 1.807) is 0 Å². The number of nitrogens with one attached hydrogen (secondary N) is 1. The Morgan fingerprint density at radius 1 is 1.21 bits per heavy atom. The van der Waals surface area contributed by atoms with Crippen LogP contribution in [0.15, 0.2) is 46.1 Å². The van der Waals surface area contributed by atoms with E-state index in [4.69, 9.17) is 5.73 Å². The number of amides is 2. The highest BCUT2D eigenvalue weighted by Gasteiger charge is 2.45. The Bertz CT molecular complexity index is 658. The van der Waals surface area contributed by atoms with Crippen LogP contribution in [0.25, 0.3) is 0 Å². The lowest BCUT2D eigenvalue weighted by atomic mass is 9.76. The zero-order valence-electron chi connectivity index (χ0n) is 10.5. The van der Waals surface area contributed by atoms with Crippen LogP contribution in [0.5, 0.6) is 0 Å². The van der Waals surface area contributed by atoms with Crippen molar-refractivity contribution in [3.05, 3.63) is 46.1 Å². The lowest BCUT2D eigenvalue weighted by Gasteiger charge is -2.39. The van der Waals surface area contributed by atoms with Gasteiger partial charge < -0.3 is 11.1 Å². The molecule has 0 saturated heterocycles. The fourth-order valence-corrected chi connectivity index (χ4v) is 3.08. The third-order valence-corrected chi connectivity index (χ3v) is 4.55. The molecule has 0 unspecified atom stereocenters. The largest absolute Gasteiger partial charge is 0.368 e. The first kappa shape index (κ1) is 10.8. The number of hydrogen-bond acceptors (Lipinski definition) is 2. The van der Waals surface area contributed by atoms with Crippen LogP contribution in [-0.4, -0.2) is 17.4 Å². The molecule has 3 N–H and O–H groups in total. The molecule has 0 radical (unpaired) electrons. The summed E-state index contributed by atoms with van der Waals surface area (Å²) in [6.07, 6.45) is 9.20. The third-order valence-electron chi connectivity index (χ3n) is 4.55. The van der Waals surface area contributed by atoms with Crippen LogP contribution >= 0.6 is 0 Å². The summed E-state index contributed by atoms with van der Waals surface area (Å²) >= 11 is 0. The van der Waals surface area contributed by atoms with E-state index in [1.807, 2.05) is 12.2 Å². The van der Waals surface area contributed by atoms with E-state index in [2.05, 4.69) is 11.4 Å². The second kappa shape index (κ2) is 3.26. The van der Waals surface area contributed by atoms with Crippen LogP contribution in [0.2, 0.25) is 0 Å². The summed E-state index contributed by atoms with van der Waals surface area (Å²) < 4.78 is 0. The fourth-order valence-electron chi connectivity index (χ4n) is 3.08. The molecule has 0 aliphatic heterocycles. The van der Waals surface area contributed by atoms with E-state index in [1.165, 1.54) is 16.7 Å². The van der Waals surface area contributed by atoms with Gasteiger partial charge in [0.15, 0.2) is 0 Å². The topological polar surface area (TPSA) is 72.2 Å². The molecule has 96 valence electrons. The second-order valence-corrected chi connectivity index (χ2v) is 5.65. The molecule has 0 aromatic rings. The number of carbonyl (C=O) groups is 2. The molecule has 4 rings (SSSR count). The molecule has 4 aliphatic rings. The first-order valence-electron chi connectivity index (χ1n) is 6.60. The highest BCUT2D eigenvalue weighted by Crippen LogP contribution is 2.51. The molecule has 0 aromatic heterocycles. The summed E-state index contributed by atoms with van der Waals surface area (Å²) in [5.41, 5.74) is 10.1. The van der Waals surface area contributed by atoms with Gasteiger partial charge in [-0.15, -0.1) is 0 Å². The Hall–Kier alpha value is -2.10. The Morgan fingerprint density at radius 2 is 2.00 bits per heavy atom. The molecule has 4 nitrogen and oxygen atoms in total. The van der Waals surface area contributed by atoms with E-state index < -0.39 is 11.4 Å². The molecule has 2 saturated carbocycles. The molecule has 0 spiro atoms. The number of primary amides is 1. The second-order valence-electron chi connectivity index (χ2n) is 5.65. The molecule has 2 amide bonds. The van der Waals surface area contributed by atoms with Crippen LogP contribution in [0.3, 0.4) is 0 Å². The zero-order valence-corrected chi connectivity index (χ0v) is 10.5. The van der Waals surface area contributed by atoms with Gasteiger partial charge in [0.05, 0.1) is 0 Å². The monoisotopic (exact) mass is 254 g/mol. The van der Waals surface area contributed by atoms with E-state index in [0.29, 0.717) is 18.4 Å². The van der Waals surface area contributed by atoms with Gasteiger partial charge in [0.1, 0.15) is 5.54 Å². The van der Waals surface area contributed by atoms with E-state index in [9.17, 15) is 9.59 Å². The molecule has 4 aliphatic carbocycles. The highest BCUT2D eigenvalue weighted by molar-refractivity contribution is 6.04. The SMILES string of the molecule is NC(=O)C1(NC(=O)C2=C3C=C4CC4=C3C=C2)CCC1. The quantitative estimate of drug-likeness (QED) is 0.789. The number of allylic oxidation sites excluding steroid dienone is 6. The van der Waals surface area contributed by atoms with Gasteiger partial charge in [0.2, 0.25) is 5.91 Å². The minimum atomic E-state index is -0.816. The minimum absolute atomic E-state index is 0.182. The predicted octanol–water partition coefficient (Wildman–Crippen LogP) is 1.02. The minimum Gasteiger partial charge on any atom is -0.368 e. The van der Waals surface area contributed by atoms with Crippen molar-refractivity contribution >= 4 is 11.8 Å². The van der Waals surface area contributed by atoms with Gasteiger partial charge in [-0.3, -0.25) is 9.59 Å². The van der Waals surface area contributed by atoms with Crippen molar-refractivity contribution in [2.24, 2.45) is 5.73 Å². The van der Waals surface area contributed by atoms with E-state index in [-0.39, 0.29) is 5.91 Å². The smallest absolute Gasteiger partial charge is 0.252 e. The Kier molecular flexibility index (Phi) is 1.85. The molecule has 0 atom stereocenters. The molecular formula is C15H14N2O2. The van der Waals surface area contributed by atoms with Crippen molar-refractivity contribution in [2.45, 2.75) is 31.2 Å². The van der Waals surface area contributed by atoms with Gasteiger partial charge in [0.25, 0.3) is 5.91 Å². The number of carbonyl (C=O) groups excluding carboxylic acids is 2. The zero-order chi connectivity index (χ0) is 13.2. The van der Waals surface area contributed by atoms with Crippen molar-refractivity contribution in [1.82, 2.24) is 5.32 Å². The van der Waals surface area contributed by atoms with Crippen molar-refractivity contribution in [3.8, 4) is 0 Å². The summed E-state index contributed by atoms with van der Waals surface area (Å²) in [5.74, 6) is -0.607. The standard InChI is InChI=1S/C15H14N2O2/c16-14(19)15(4-1-5-15)17-13(18)10-3-2-9-11-6-8(11)7-12(9)10/h2-3,7H,1,4-6H2,(H2,16,19)(H,17,18). The van der Waals surface area contributed by atoms with Gasteiger partial charge in [-0.1, -0.05) is 6.08 Å². The maximum atomic E-state index is 12.3. The van der Waals surface area contributed by atoms with Gasteiger partial charge in [-0.25, -0.2) is 0 Å². The van der Waals surface area contributed by atoms with Gasteiger partial charge in [-0.05, 0) is 60.1 Å². The number of hydrogen-bond donors (Lipinski definition) is 2. The van der Waals surface area contributed by atoms with Gasteiger partial charge in [0, 0.05) is 5.57 Å². The van der Waals surface area contributed by atoms with Gasteiger partial charge in [-0.2, -0.15) is 0 Å². The maximum Gasteiger partial charge on any atom is 0.252 e. The summed E-state index contributed by atoms with van der Waals surface area (Å²) in [6, 6.07) is 0. The average molecular weight is 254 g/mol. The maximum absolute atomic E-state index is 12.3. The average Bonchev–Trinajstić information content (AvgIpc) is 2.81. The van der Waals surface area contributed by atoms with Crippen molar-refractivity contribution in [1.29, 1.82) is 0 Å². The third kappa shape index (κ3) is 1.34. The number of rotatable bonds is 3. The lowest BCUT2D eigenvalue weighted by molar-refractivity contribution is -0.133. The molecule has 19 heavy (non-hydrogen) atoms. The predicted molar refractivity (Wildman–Crippen MR) is 69.8 cm³/mol. The molecule has 0 bridgehead atoms. The van der Waals surface area contributed by atoms with Crippen LogP contribution in [0.1, 0.15) is 25.7 Å². The Morgan fingerprint density at radius 3 is 2.63 bits per heavy atom.